The molecule has 31 heavy (non-hydrogen) atoms. The molecule has 0 bridgehead atoms. The molecule has 1 aromatic heterocycles. The van der Waals surface area contributed by atoms with Crippen LogP contribution >= 0.6 is 0 Å². The number of hydrogen-bond acceptors (Lipinski definition) is 6. The van der Waals surface area contributed by atoms with Gasteiger partial charge in [0.05, 0.1) is 23.9 Å². The topological polar surface area (TPSA) is 85.0 Å². The molecule has 0 aliphatic rings. The van der Waals surface area contributed by atoms with E-state index in [0.717, 1.165) is 22.4 Å². The van der Waals surface area contributed by atoms with Crippen molar-refractivity contribution in [3.05, 3.63) is 83.6 Å². The minimum absolute atomic E-state index is 0.0702. The molecule has 158 valence electrons. The van der Waals surface area contributed by atoms with Gasteiger partial charge in [0.25, 0.3) is 0 Å². The minimum atomic E-state index is -0.519. The normalized spacial score (nSPS) is 12.0. The van der Waals surface area contributed by atoms with Crippen LogP contribution in [-0.4, -0.2) is 29.6 Å². The monoisotopic (exact) mass is 417 g/mol. The molecule has 1 heterocycles. The van der Waals surface area contributed by atoms with Crippen molar-refractivity contribution < 1.29 is 24.2 Å². The Bertz CT molecular complexity index is 1180. The van der Waals surface area contributed by atoms with E-state index in [1.165, 1.54) is 6.07 Å². The van der Waals surface area contributed by atoms with Gasteiger partial charge in [0, 0.05) is 18.7 Å². The van der Waals surface area contributed by atoms with E-state index in [1.54, 1.807) is 20.3 Å². The molecular weight excluding hydrogens is 394 g/mol. The molecule has 1 unspecified atom stereocenters. The molecule has 4 rings (SSSR count). The number of nitrogens with zero attached hydrogens (tertiary/aromatic N) is 1. The predicted molar refractivity (Wildman–Crippen MR) is 117 cm³/mol. The lowest BCUT2D eigenvalue weighted by Gasteiger charge is -2.19. The van der Waals surface area contributed by atoms with Gasteiger partial charge in [0.15, 0.2) is 5.76 Å². The van der Waals surface area contributed by atoms with Gasteiger partial charge in [-0.05, 0) is 36.2 Å². The molecule has 0 fully saturated rings. The summed E-state index contributed by atoms with van der Waals surface area (Å²) >= 11 is 0. The van der Waals surface area contributed by atoms with Crippen LogP contribution in [0.25, 0.3) is 22.5 Å². The Morgan fingerprint density at radius 3 is 2.26 bits per heavy atom. The van der Waals surface area contributed by atoms with Crippen molar-refractivity contribution in [2.24, 2.45) is 0 Å². The van der Waals surface area contributed by atoms with Crippen LogP contribution in [0, 0.1) is 6.92 Å². The zero-order chi connectivity index (χ0) is 22.0. The van der Waals surface area contributed by atoms with E-state index in [9.17, 15) is 10.2 Å². The molecule has 4 aromatic rings. The number of hydrogen-bond donors (Lipinski definition) is 2. The van der Waals surface area contributed by atoms with E-state index in [1.807, 2.05) is 61.5 Å². The molecule has 0 amide bonds. The average Bonchev–Trinajstić information content (AvgIpc) is 3.17. The van der Waals surface area contributed by atoms with Crippen molar-refractivity contribution in [3.8, 4) is 39.7 Å². The smallest absolute Gasteiger partial charge is 0.178 e. The van der Waals surface area contributed by atoms with Gasteiger partial charge in [0.2, 0.25) is 0 Å². The van der Waals surface area contributed by atoms with Crippen molar-refractivity contribution in [2.45, 2.75) is 13.0 Å². The van der Waals surface area contributed by atoms with Crippen LogP contribution in [0.4, 0.5) is 0 Å². The molecule has 0 radical (unpaired) electrons. The van der Waals surface area contributed by atoms with E-state index in [0.29, 0.717) is 22.6 Å². The number of methoxy groups -OCH3 is 2. The lowest BCUT2D eigenvalue weighted by molar-refractivity contribution is 0.134. The number of ether oxygens (including phenoxy) is 2. The van der Waals surface area contributed by atoms with Gasteiger partial charge in [-0.3, -0.25) is 0 Å². The van der Waals surface area contributed by atoms with Gasteiger partial charge in [-0.15, -0.1) is 0 Å². The standard InChI is InChI=1S/C25H23NO5/c1-15-23(16-9-11-18(29-2)12-10-16)25(31-26-15)20-13-19(21(27)14-22(20)28)24(30-3)17-7-5-4-6-8-17/h4-14,24,27-28H,1-3H3. The van der Waals surface area contributed by atoms with Crippen LogP contribution in [0.5, 0.6) is 17.2 Å². The summed E-state index contributed by atoms with van der Waals surface area (Å²) in [5.74, 6) is 0.957. The molecule has 0 aliphatic heterocycles. The number of aryl methyl sites for hydroxylation is 1. The van der Waals surface area contributed by atoms with Gasteiger partial charge in [-0.2, -0.15) is 0 Å². The number of aromatic hydroxyl groups is 2. The van der Waals surface area contributed by atoms with Gasteiger partial charge < -0.3 is 24.2 Å². The third kappa shape index (κ3) is 3.85. The van der Waals surface area contributed by atoms with Gasteiger partial charge in [0.1, 0.15) is 23.4 Å². The molecular formula is C25H23NO5. The van der Waals surface area contributed by atoms with E-state index in [4.69, 9.17) is 14.0 Å². The molecule has 0 aliphatic carbocycles. The summed E-state index contributed by atoms with van der Waals surface area (Å²) in [6, 6.07) is 20.1. The Morgan fingerprint density at radius 2 is 1.61 bits per heavy atom. The third-order valence-corrected chi connectivity index (χ3v) is 5.25. The Kier molecular flexibility index (Phi) is 5.64. The molecule has 3 aromatic carbocycles. The van der Waals surface area contributed by atoms with Crippen molar-refractivity contribution >= 4 is 0 Å². The lowest BCUT2D eigenvalue weighted by Crippen LogP contribution is -2.04. The summed E-state index contributed by atoms with van der Waals surface area (Å²) in [6.07, 6.45) is -0.519. The maximum absolute atomic E-state index is 10.6. The number of benzene rings is 3. The van der Waals surface area contributed by atoms with Crippen LogP contribution in [0.1, 0.15) is 22.9 Å². The predicted octanol–water partition coefficient (Wildman–Crippen LogP) is 5.47. The van der Waals surface area contributed by atoms with Crippen LogP contribution in [0.3, 0.4) is 0 Å². The van der Waals surface area contributed by atoms with E-state index in [2.05, 4.69) is 5.16 Å². The summed E-state index contributed by atoms with van der Waals surface area (Å²) < 4.78 is 16.5. The molecule has 2 N–H and O–H groups in total. The minimum Gasteiger partial charge on any atom is -0.507 e. The highest BCUT2D eigenvalue weighted by molar-refractivity contribution is 5.84. The second-order valence-electron chi connectivity index (χ2n) is 7.16. The van der Waals surface area contributed by atoms with Crippen LogP contribution < -0.4 is 4.74 Å². The van der Waals surface area contributed by atoms with Gasteiger partial charge >= 0.3 is 0 Å². The zero-order valence-corrected chi connectivity index (χ0v) is 17.5. The average molecular weight is 417 g/mol. The molecule has 0 saturated heterocycles. The molecule has 1 atom stereocenters. The first-order valence-electron chi connectivity index (χ1n) is 9.78. The number of rotatable bonds is 6. The van der Waals surface area contributed by atoms with Gasteiger partial charge in [-0.25, -0.2) is 0 Å². The zero-order valence-electron chi connectivity index (χ0n) is 17.5. The quantitative estimate of drug-likeness (QED) is 0.433. The van der Waals surface area contributed by atoms with Crippen molar-refractivity contribution in [3.63, 3.8) is 0 Å². The maximum Gasteiger partial charge on any atom is 0.178 e. The fourth-order valence-corrected chi connectivity index (χ4v) is 3.71. The highest BCUT2D eigenvalue weighted by Gasteiger charge is 2.24. The van der Waals surface area contributed by atoms with E-state index >= 15 is 0 Å². The van der Waals surface area contributed by atoms with Crippen molar-refractivity contribution in [1.82, 2.24) is 5.16 Å². The molecule has 0 saturated carbocycles. The first kappa shape index (κ1) is 20.5. The second-order valence-corrected chi connectivity index (χ2v) is 7.16. The molecule has 0 spiro atoms. The number of aromatic nitrogens is 1. The largest absolute Gasteiger partial charge is 0.507 e. The number of phenolic OH excluding ortho intramolecular Hbond substituents is 2. The molecule has 6 nitrogen and oxygen atoms in total. The Balaban J connectivity index is 1.85. The van der Waals surface area contributed by atoms with Crippen LogP contribution in [0.2, 0.25) is 0 Å². The third-order valence-electron chi connectivity index (χ3n) is 5.25. The second kappa shape index (κ2) is 8.53. The van der Waals surface area contributed by atoms with Gasteiger partial charge in [-0.1, -0.05) is 47.6 Å². The summed E-state index contributed by atoms with van der Waals surface area (Å²) in [5, 5.41) is 25.3. The van der Waals surface area contributed by atoms with Crippen LogP contribution in [-0.2, 0) is 4.74 Å². The summed E-state index contributed by atoms with van der Waals surface area (Å²) in [4.78, 5) is 0. The van der Waals surface area contributed by atoms with E-state index in [-0.39, 0.29) is 11.5 Å². The molecule has 6 heteroatoms. The summed E-state index contributed by atoms with van der Waals surface area (Å²) in [7, 11) is 3.19. The van der Waals surface area contributed by atoms with E-state index < -0.39 is 6.10 Å². The highest BCUT2D eigenvalue weighted by Crippen LogP contribution is 2.44. The van der Waals surface area contributed by atoms with Crippen molar-refractivity contribution in [1.29, 1.82) is 0 Å². The summed E-state index contributed by atoms with van der Waals surface area (Å²) in [6.45, 7) is 1.84. The lowest BCUT2D eigenvalue weighted by atomic mass is 9.94. The van der Waals surface area contributed by atoms with Crippen LogP contribution in [0.15, 0.2) is 71.3 Å². The SMILES string of the molecule is COc1ccc(-c2c(C)noc2-c2cc(C(OC)c3ccccc3)c(O)cc2O)cc1. The summed E-state index contributed by atoms with van der Waals surface area (Å²) in [5.41, 5.74) is 4.10. The number of phenols is 2. The first-order valence-corrected chi connectivity index (χ1v) is 9.78. The Labute approximate surface area is 180 Å². The highest BCUT2D eigenvalue weighted by atomic mass is 16.5. The fraction of sp³-hybridized carbons (Fsp3) is 0.160. The Morgan fingerprint density at radius 1 is 0.903 bits per heavy atom. The van der Waals surface area contributed by atoms with Crippen molar-refractivity contribution in [2.75, 3.05) is 14.2 Å². The Hall–Kier alpha value is -3.77. The fourth-order valence-electron chi connectivity index (χ4n) is 3.71. The first-order chi connectivity index (χ1) is 15.0. The maximum atomic E-state index is 10.6.